The number of hydrogen-bond donors (Lipinski definition) is 1. The Balaban J connectivity index is 2.41. The van der Waals surface area contributed by atoms with Crippen molar-refractivity contribution in [1.29, 1.82) is 0 Å². The molecule has 0 unspecified atom stereocenters. The Morgan fingerprint density at radius 2 is 2.11 bits per heavy atom. The second kappa shape index (κ2) is 6.11. The second-order valence-corrected chi connectivity index (χ2v) is 5.15. The van der Waals surface area contributed by atoms with E-state index in [2.05, 4.69) is 32.2 Å². The van der Waals surface area contributed by atoms with Gasteiger partial charge in [-0.2, -0.15) is 0 Å². The lowest BCUT2D eigenvalue weighted by Crippen LogP contribution is -2.22. The Morgan fingerprint density at radius 3 is 2.74 bits per heavy atom. The van der Waals surface area contributed by atoms with Gasteiger partial charge in [-0.3, -0.25) is 0 Å². The zero-order chi connectivity index (χ0) is 13.8. The highest BCUT2D eigenvalue weighted by molar-refractivity contribution is 5.83. The zero-order valence-corrected chi connectivity index (χ0v) is 12.2. The fourth-order valence-electron chi connectivity index (χ4n) is 2.27. The molecule has 0 aliphatic heterocycles. The van der Waals surface area contributed by atoms with Gasteiger partial charge in [-0.1, -0.05) is 27.2 Å². The first-order valence-corrected chi connectivity index (χ1v) is 6.97. The lowest BCUT2D eigenvalue weighted by molar-refractivity contribution is 0.415. The molecular formula is C16H23NO2. The van der Waals surface area contributed by atoms with E-state index in [1.165, 1.54) is 10.9 Å². The predicted octanol–water partition coefficient (Wildman–Crippen LogP) is 3.89. The van der Waals surface area contributed by atoms with Gasteiger partial charge in [-0.25, -0.2) is 0 Å². The maximum absolute atomic E-state index is 5.98. The van der Waals surface area contributed by atoms with E-state index in [-0.39, 0.29) is 0 Å². The smallest absolute Gasteiger partial charge is 0.134 e. The molecule has 0 saturated heterocycles. The third kappa shape index (κ3) is 3.10. The predicted molar refractivity (Wildman–Crippen MR) is 78.7 cm³/mol. The maximum Gasteiger partial charge on any atom is 0.134 e. The van der Waals surface area contributed by atoms with Crippen molar-refractivity contribution in [2.75, 3.05) is 7.11 Å². The van der Waals surface area contributed by atoms with Gasteiger partial charge in [0.15, 0.2) is 0 Å². The minimum atomic E-state index is 0.456. The SMILES string of the molecule is CCCc1c(CNC(C)C)oc2ccc(OC)cc12. The van der Waals surface area contributed by atoms with Gasteiger partial charge in [0.2, 0.25) is 0 Å². The summed E-state index contributed by atoms with van der Waals surface area (Å²) in [4.78, 5) is 0. The minimum absolute atomic E-state index is 0.456. The fraction of sp³-hybridized carbons (Fsp3) is 0.500. The number of hydrogen-bond acceptors (Lipinski definition) is 3. The summed E-state index contributed by atoms with van der Waals surface area (Å²) < 4.78 is 11.3. The van der Waals surface area contributed by atoms with Gasteiger partial charge in [-0.05, 0) is 24.6 Å². The average Bonchev–Trinajstić information content (AvgIpc) is 2.74. The van der Waals surface area contributed by atoms with Crippen LogP contribution < -0.4 is 10.1 Å². The van der Waals surface area contributed by atoms with Crippen LogP contribution in [0.5, 0.6) is 5.75 Å². The molecule has 1 heterocycles. The molecule has 0 fully saturated rings. The maximum atomic E-state index is 5.98. The normalized spacial score (nSPS) is 11.4. The van der Waals surface area contributed by atoms with E-state index in [0.29, 0.717) is 6.04 Å². The van der Waals surface area contributed by atoms with Crippen LogP contribution in [0.4, 0.5) is 0 Å². The fourth-order valence-corrected chi connectivity index (χ4v) is 2.27. The van der Waals surface area contributed by atoms with Gasteiger partial charge >= 0.3 is 0 Å². The Labute approximate surface area is 114 Å². The zero-order valence-electron chi connectivity index (χ0n) is 12.2. The molecule has 0 aliphatic carbocycles. The molecule has 0 bridgehead atoms. The first-order chi connectivity index (χ1) is 9.15. The van der Waals surface area contributed by atoms with Crippen molar-refractivity contribution in [1.82, 2.24) is 5.32 Å². The van der Waals surface area contributed by atoms with Crippen molar-refractivity contribution in [3.05, 3.63) is 29.5 Å². The van der Waals surface area contributed by atoms with Crippen molar-refractivity contribution in [3.63, 3.8) is 0 Å². The lowest BCUT2D eigenvalue weighted by Gasteiger charge is -2.07. The summed E-state index contributed by atoms with van der Waals surface area (Å²) in [6, 6.07) is 6.47. The van der Waals surface area contributed by atoms with Crippen LogP contribution in [0, 0.1) is 0 Å². The number of rotatable bonds is 6. The molecule has 1 aromatic carbocycles. The van der Waals surface area contributed by atoms with Crippen molar-refractivity contribution < 1.29 is 9.15 Å². The molecule has 0 amide bonds. The molecule has 1 aromatic heterocycles. The number of ether oxygens (including phenoxy) is 1. The molecule has 3 nitrogen and oxygen atoms in total. The molecule has 0 saturated carbocycles. The molecular weight excluding hydrogens is 238 g/mol. The third-order valence-corrected chi connectivity index (χ3v) is 3.25. The van der Waals surface area contributed by atoms with E-state index in [1.807, 2.05) is 12.1 Å². The highest BCUT2D eigenvalue weighted by Gasteiger charge is 2.14. The molecule has 0 atom stereocenters. The minimum Gasteiger partial charge on any atom is -0.497 e. The Morgan fingerprint density at radius 1 is 1.32 bits per heavy atom. The van der Waals surface area contributed by atoms with Gasteiger partial charge < -0.3 is 14.5 Å². The summed E-state index contributed by atoms with van der Waals surface area (Å²) in [6.45, 7) is 7.26. The molecule has 0 spiro atoms. The van der Waals surface area contributed by atoms with Crippen molar-refractivity contribution in [2.45, 2.75) is 46.2 Å². The first kappa shape index (κ1) is 13.9. The Bertz CT molecular complexity index is 543. The molecule has 0 aliphatic rings. The summed E-state index contributed by atoms with van der Waals surface area (Å²) in [5.41, 5.74) is 2.26. The largest absolute Gasteiger partial charge is 0.497 e. The average molecular weight is 261 g/mol. The quantitative estimate of drug-likeness (QED) is 0.856. The van der Waals surface area contributed by atoms with E-state index < -0.39 is 0 Å². The molecule has 0 radical (unpaired) electrons. The third-order valence-electron chi connectivity index (χ3n) is 3.25. The number of nitrogens with one attached hydrogen (secondary N) is 1. The topological polar surface area (TPSA) is 34.4 Å². The van der Waals surface area contributed by atoms with Crippen LogP contribution in [0.3, 0.4) is 0 Å². The van der Waals surface area contributed by atoms with Crippen LogP contribution in [0.2, 0.25) is 0 Å². The van der Waals surface area contributed by atoms with Crippen LogP contribution in [0.15, 0.2) is 22.6 Å². The van der Waals surface area contributed by atoms with E-state index in [0.717, 1.165) is 36.5 Å². The Hall–Kier alpha value is -1.48. The van der Waals surface area contributed by atoms with Gasteiger partial charge in [0, 0.05) is 17.0 Å². The van der Waals surface area contributed by atoms with E-state index >= 15 is 0 Å². The molecule has 3 heteroatoms. The lowest BCUT2D eigenvalue weighted by atomic mass is 10.1. The monoisotopic (exact) mass is 261 g/mol. The van der Waals surface area contributed by atoms with Crippen molar-refractivity contribution in [2.24, 2.45) is 0 Å². The number of aryl methyl sites for hydroxylation is 1. The summed E-state index contributed by atoms with van der Waals surface area (Å²) in [6.07, 6.45) is 2.15. The van der Waals surface area contributed by atoms with Crippen LogP contribution in [0.25, 0.3) is 11.0 Å². The summed E-state index contributed by atoms with van der Waals surface area (Å²) >= 11 is 0. The van der Waals surface area contributed by atoms with Gasteiger partial charge in [0.25, 0.3) is 0 Å². The molecule has 2 aromatic rings. The number of fused-ring (bicyclic) bond motifs is 1. The molecule has 104 valence electrons. The highest BCUT2D eigenvalue weighted by Crippen LogP contribution is 2.30. The van der Waals surface area contributed by atoms with Gasteiger partial charge in [0.05, 0.1) is 13.7 Å². The summed E-state index contributed by atoms with van der Waals surface area (Å²) in [7, 11) is 1.70. The molecule has 2 rings (SSSR count). The second-order valence-electron chi connectivity index (χ2n) is 5.15. The van der Waals surface area contributed by atoms with Crippen LogP contribution in [-0.4, -0.2) is 13.2 Å². The summed E-state index contributed by atoms with van der Waals surface area (Å²) in [5, 5.41) is 4.61. The van der Waals surface area contributed by atoms with Gasteiger partial charge in [-0.15, -0.1) is 0 Å². The number of furan rings is 1. The first-order valence-electron chi connectivity index (χ1n) is 6.97. The summed E-state index contributed by atoms with van der Waals surface area (Å²) in [5.74, 6) is 1.94. The standard InChI is InChI=1S/C16H23NO2/c1-5-6-13-14-9-12(18-4)7-8-15(14)19-16(13)10-17-11(2)3/h7-9,11,17H,5-6,10H2,1-4H3. The number of methoxy groups -OCH3 is 1. The highest BCUT2D eigenvalue weighted by atomic mass is 16.5. The number of benzene rings is 1. The van der Waals surface area contributed by atoms with E-state index in [9.17, 15) is 0 Å². The van der Waals surface area contributed by atoms with E-state index in [1.54, 1.807) is 7.11 Å². The van der Waals surface area contributed by atoms with Crippen LogP contribution in [-0.2, 0) is 13.0 Å². The van der Waals surface area contributed by atoms with Crippen LogP contribution in [0.1, 0.15) is 38.5 Å². The molecule has 1 N–H and O–H groups in total. The van der Waals surface area contributed by atoms with Crippen molar-refractivity contribution >= 4 is 11.0 Å². The van der Waals surface area contributed by atoms with Gasteiger partial charge in [0.1, 0.15) is 17.1 Å². The van der Waals surface area contributed by atoms with Crippen molar-refractivity contribution in [3.8, 4) is 5.75 Å². The van der Waals surface area contributed by atoms with E-state index in [4.69, 9.17) is 9.15 Å². The van der Waals surface area contributed by atoms with Crippen LogP contribution >= 0.6 is 0 Å². The molecule has 19 heavy (non-hydrogen) atoms. The Kier molecular flexibility index (Phi) is 4.48.